The molecule has 220 valence electrons. The zero-order valence-electron chi connectivity index (χ0n) is 23.2. The van der Waals surface area contributed by atoms with Gasteiger partial charge in [0.1, 0.15) is 12.4 Å². The maximum Gasteiger partial charge on any atom is 0.410 e. The fraction of sp³-hybridized carbons (Fsp3) is 0.581. The Hall–Kier alpha value is -2.62. The van der Waals surface area contributed by atoms with E-state index in [9.17, 15) is 18.0 Å². The van der Waals surface area contributed by atoms with Crippen LogP contribution >= 0.6 is 0 Å². The minimum atomic E-state index is -1.26. The Labute approximate surface area is 235 Å². The van der Waals surface area contributed by atoms with Crippen molar-refractivity contribution in [3.63, 3.8) is 0 Å². The lowest BCUT2D eigenvalue weighted by Crippen LogP contribution is -2.43. The second-order valence-corrected chi connectivity index (χ2v) is 10.7. The van der Waals surface area contributed by atoms with E-state index in [0.717, 1.165) is 76.8 Å². The van der Waals surface area contributed by atoms with Gasteiger partial charge >= 0.3 is 6.09 Å². The largest absolute Gasteiger partial charge is 0.445 e. The number of rotatable bonds is 13. The summed E-state index contributed by atoms with van der Waals surface area (Å²) in [6, 6.07) is 10.4. The van der Waals surface area contributed by atoms with E-state index in [1.165, 1.54) is 17.7 Å². The minimum Gasteiger partial charge on any atom is -0.445 e. The molecule has 0 spiro atoms. The molecule has 0 bridgehead atoms. The first kappa shape index (κ1) is 30.3. The van der Waals surface area contributed by atoms with Gasteiger partial charge in [0.15, 0.2) is 11.6 Å². The Morgan fingerprint density at radius 2 is 1.60 bits per heavy atom. The first-order valence-electron chi connectivity index (χ1n) is 14.5. The molecule has 2 aliphatic rings. The molecule has 1 aliphatic carbocycles. The number of unbranched alkanes of at least 4 members (excludes halogenated alkanes) is 3. The average Bonchev–Trinajstić information content (AvgIpc) is 2.98. The van der Waals surface area contributed by atoms with Gasteiger partial charge in [-0.2, -0.15) is 0 Å². The number of ether oxygens (including phenoxy) is 3. The highest BCUT2D eigenvalue weighted by Gasteiger charge is 2.31. The lowest BCUT2D eigenvalue weighted by Gasteiger charge is -2.36. The number of carbonyl (C=O) groups is 1. The first-order chi connectivity index (χ1) is 19.5. The summed E-state index contributed by atoms with van der Waals surface area (Å²) in [4.78, 5) is 17.0. The summed E-state index contributed by atoms with van der Waals surface area (Å²) < 4.78 is 58.9. The van der Waals surface area contributed by atoms with Crippen LogP contribution in [0.4, 0.5) is 18.0 Å². The topological polar surface area (TPSA) is 51.2 Å². The van der Waals surface area contributed by atoms with Crippen LogP contribution in [0, 0.1) is 17.5 Å². The SMILES string of the molecule is O=C(OCc1ccccc1)N(Cc1cc(F)c(F)cc1F)C1CCC(OCCCCCCN2CCOCC2)CC1. The van der Waals surface area contributed by atoms with Gasteiger partial charge in [-0.25, -0.2) is 18.0 Å². The zero-order valence-corrected chi connectivity index (χ0v) is 23.2. The predicted molar refractivity (Wildman–Crippen MR) is 146 cm³/mol. The van der Waals surface area contributed by atoms with Crippen molar-refractivity contribution in [2.75, 3.05) is 39.5 Å². The van der Waals surface area contributed by atoms with Crippen LogP contribution in [0.3, 0.4) is 0 Å². The number of morpholine rings is 1. The Kier molecular flexibility index (Phi) is 12.1. The maximum atomic E-state index is 14.5. The molecule has 1 amide bonds. The maximum absolute atomic E-state index is 14.5. The molecule has 6 nitrogen and oxygen atoms in total. The van der Waals surface area contributed by atoms with Crippen molar-refractivity contribution < 1.29 is 32.2 Å². The third-order valence-electron chi connectivity index (χ3n) is 7.78. The molecule has 0 aromatic heterocycles. The highest BCUT2D eigenvalue weighted by molar-refractivity contribution is 5.68. The number of hydrogen-bond acceptors (Lipinski definition) is 5. The molecule has 0 unspecified atom stereocenters. The van der Waals surface area contributed by atoms with Gasteiger partial charge in [0.2, 0.25) is 0 Å². The first-order valence-corrected chi connectivity index (χ1v) is 14.5. The highest BCUT2D eigenvalue weighted by atomic mass is 19.2. The van der Waals surface area contributed by atoms with E-state index < -0.39 is 23.5 Å². The summed E-state index contributed by atoms with van der Waals surface area (Å²) in [6.45, 7) is 5.46. The van der Waals surface area contributed by atoms with Crippen molar-refractivity contribution in [3.05, 3.63) is 71.0 Å². The number of hydrogen-bond donors (Lipinski definition) is 0. The number of halogens is 3. The average molecular weight is 563 g/mol. The van der Waals surface area contributed by atoms with Gasteiger partial charge in [-0.3, -0.25) is 4.90 Å². The van der Waals surface area contributed by atoms with Gasteiger partial charge in [0.05, 0.1) is 25.9 Å². The van der Waals surface area contributed by atoms with E-state index in [2.05, 4.69) is 4.90 Å². The molecule has 1 saturated heterocycles. The monoisotopic (exact) mass is 562 g/mol. The van der Waals surface area contributed by atoms with Crippen molar-refractivity contribution in [1.29, 1.82) is 0 Å². The van der Waals surface area contributed by atoms with E-state index in [1.54, 1.807) is 0 Å². The van der Waals surface area contributed by atoms with Crippen molar-refractivity contribution in [3.8, 4) is 0 Å². The second kappa shape index (κ2) is 16.0. The standard InChI is InChI=1S/C31H41F3N2O4/c32-28-21-30(34)29(33)20-25(28)22-36(31(37)40-23-24-8-4-3-5-9-24)26-10-12-27(13-11-26)39-17-7-2-1-6-14-35-15-18-38-19-16-35/h3-5,8-9,20-21,26-27H,1-2,6-7,10-19,22-23H2. The molecule has 0 atom stereocenters. The van der Waals surface area contributed by atoms with E-state index in [4.69, 9.17) is 14.2 Å². The molecular weight excluding hydrogens is 521 g/mol. The van der Waals surface area contributed by atoms with Gasteiger partial charge in [-0.1, -0.05) is 43.2 Å². The molecule has 0 radical (unpaired) electrons. The number of benzene rings is 2. The van der Waals surface area contributed by atoms with Crippen LogP contribution in [0.15, 0.2) is 42.5 Å². The molecule has 1 heterocycles. The molecule has 2 aromatic rings. The molecule has 2 aromatic carbocycles. The molecule has 1 aliphatic heterocycles. The molecule has 40 heavy (non-hydrogen) atoms. The smallest absolute Gasteiger partial charge is 0.410 e. The van der Waals surface area contributed by atoms with E-state index in [0.29, 0.717) is 18.9 Å². The molecule has 9 heteroatoms. The van der Waals surface area contributed by atoms with Gasteiger partial charge < -0.3 is 19.1 Å². The van der Waals surface area contributed by atoms with Crippen molar-refractivity contribution >= 4 is 6.09 Å². The summed E-state index contributed by atoms with van der Waals surface area (Å²) in [6.07, 6.45) is 6.92. The van der Waals surface area contributed by atoms with Gasteiger partial charge in [-0.05, 0) is 56.7 Å². The van der Waals surface area contributed by atoms with Gasteiger partial charge in [0, 0.05) is 37.4 Å². The molecule has 2 fully saturated rings. The van der Waals surface area contributed by atoms with E-state index in [-0.39, 0.29) is 30.9 Å². The number of carbonyl (C=O) groups excluding carboxylic acids is 1. The van der Waals surface area contributed by atoms with Gasteiger partial charge in [0.25, 0.3) is 0 Å². The van der Waals surface area contributed by atoms with Crippen LogP contribution in [-0.4, -0.2) is 67.5 Å². The fourth-order valence-electron chi connectivity index (χ4n) is 5.40. The lowest BCUT2D eigenvalue weighted by atomic mass is 9.91. The van der Waals surface area contributed by atoms with Crippen molar-refractivity contribution in [2.24, 2.45) is 0 Å². The van der Waals surface area contributed by atoms with Crippen LogP contribution < -0.4 is 0 Å². The van der Waals surface area contributed by atoms with Crippen LogP contribution in [0.5, 0.6) is 0 Å². The Morgan fingerprint density at radius 1 is 0.900 bits per heavy atom. The fourth-order valence-corrected chi connectivity index (χ4v) is 5.40. The molecular formula is C31H41F3N2O4. The normalized spacial score (nSPS) is 19.9. The zero-order chi connectivity index (χ0) is 28.2. The van der Waals surface area contributed by atoms with Crippen LogP contribution in [-0.2, 0) is 27.4 Å². The van der Waals surface area contributed by atoms with Crippen LogP contribution in [0.25, 0.3) is 0 Å². The third kappa shape index (κ3) is 9.49. The van der Waals surface area contributed by atoms with Crippen LogP contribution in [0.1, 0.15) is 62.5 Å². The summed E-state index contributed by atoms with van der Waals surface area (Å²) in [7, 11) is 0. The quantitative estimate of drug-likeness (QED) is 0.207. The third-order valence-corrected chi connectivity index (χ3v) is 7.78. The number of nitrogens with zero attached hydrogens (tertiary/aromatic N) is 2. The Morgan fingerprint density at radius 3 is 2.35 bits per heavy atom. The lowest BCUT2D eigenvalue weighted by molar-refractivity contribution is 0.00167. The summed E-state index contributed by atoms with van der Waals surface area (Å²) in [5, 5.41) is 0. The highest BCUT2D eigenvalue weighted by Crippen LogP contribution is 2.28. The summed E-state index contributed by atoms with van der Waals surface area (Å²) in [5.74, 6) is -3.29. The molecule has 4 rings (SSSR count). The van der Waals surface area contributed by atoms with Gasteiger partial charge in [-0.15, -0.1) is 0 Å². The predicted octanol–water partition coefficient (Wildman–Crippen LogP) is 6.46. The Balaban J connectivity index is 1.23. The van der Waals surface area contributed by atoms with E-state index in [1.807, 2.05) is 30.3 Å². The van der Waals surface area contributed by atoms with Crippen molar-refractivity contribution in [2.45, 2.75) is 76.7 Å². The molecule has 1 saturated carbocycles. The summed E-state index contributed by atoms with van der Waals surface area (Å²) >= 11 is 0. The van der Waals surface area contributed by atoms with Crippen LogP contribution in [0.2, 0.25) is 0 Å². The van der Waals surface area contributed by atoms with E-state index >= 15 is 0 Å². The number of amides is 1. The Bertz CT molecular complexity index is 1040. The summed E-state index contributed by atoms with van der Waals surface area (Å²) in [5.41, 5.74) is 0.746. The minimum absolute atomic E-state index is 0.0708. The van der Waals surface area contributed by atoms with Crippen molar-refractivity contribution in [1.82, 2.24) is 9.80 Å². The second-order valence-electron chi connectivity index (χ2n) is 10.7. The molecule has 0 N–H and O–H groups in total.